The van der Waals surface area contributed by atoms with Crippen molar-refractivity contribution < 1.29 is 9.50 Å². The highest BCUT2D eigenvalue weighted by atomic mass is 19.1. The topological polar surface area (TPSA) is 32.3 Å². The lowest BCUT2D eigenvalue weighted by molar-refractivity contribution is 0.228. The first kappa shape index (κ1) is 14.1. The molecule has 0 saturated carbocycles. The molecule has 0 aliphatic carbocycles. The van der Waals surface area contributed by atoms with Crippen LogP contribution in [0.4, 0.5) is 4.39 Å². The second-order valence-electron chi connectivity index (χ2n) is 4.49. The lowest BCUT2D eigenvalue weighted by atomic mass is 10.0. The van der Waals surface area contributed by atoms with Crippen molar-refractivity contribution in [3.05, 3.63) is 35.6 Å². The molecule has 0 spiro atoms. The van der Waals surface area contributed by atoms with Crippen LogP contribution in [-0.2, 0) is 6.42 Å². The second-order valence-corrected chi connectivity index (χ2v) is 4.49. The summed E-state index contributed by atoms with van der Waals surface area (Å²) in [5.74, 6) is -0.131. The maximum absolute atomic E-state index is 13.4. The van der Waals surface area contributed by atoms with Crippen LogP contribution in [0.1, 0.15) is 32.3 Å². The van der Waals surface area contributed by atoms with Crippen molar-refractivity contribution in [3.8, 4) is 0 Å². The molecule has 0 aliphatic heterocycles. The molecule has 2 nitrogen and oxygen atoms in total. The van der Waals surface area contributed by atoms with Gasteiger partial charge < -0.3 is 10.4 Å². The molecular formula is C14H22FNO. The van der Waals surface area contributed by atoms with E-state index < -0.39 is 0 Å². The quantitative estimate of drug-likeness (QED) is 0.766. The van der Waals surface area contributed by atoms with Crippen LogP contribution in [0.5, 0.6) is 0 Å². The van der Waals surface area contributed by atoms with Gasteiger partial charge in [-0.2, -0.15) is 0 Å². The molecule has 0 fully saturated rings. The third-order valence-electron chi connectivity index (χ3n) is 3.04. The van der Waals surface area contributed by atoms with Gasteiger partial charge in [0.2, 0.25) is 0 Å². The number of hydrogen-bond acceptors (Lipinski definition) is 2. The van der Waals surface area contributed by atoms with Crippen LogP contribution in [0.25, 0.3) is 0 Å². The molecule has 0 heterocycles. The van der Waals surface area contributed by atoms with Crippen LogP contribution < -0.4 is 5.32 Å². The summed E-state index contributed by atoms with van der Waals surface area (Å²) in [5.41, 5.74) is 0.762. The van der Waals surface area contributed by atoms with Crippen LogP contribution >= 0.6 is 0 Å². The van der Waals surface area contributed by atoms with Crippen molar-refractivity contribution in [2.24, 2.45) is 0 Å². The van der Waals surface area contributed by atoms with Gasteiger partial charge in [-0.25, -0.2) is 4.39 Å². The fraction of sp³-hybridized carbons (Fsp3) is 0.571. The number of aliphatic hydroxyl groups excluding tert-OH is 1. The maximum Gasteiger partial charge on any atom is 0.126 e. The number of hydrogen-bond donors (Lipinski definition) is 2. The molecule has 1 aromatic carbocycles. The van der Waals surface area contributed by atoms with Gasteiger partial charge in [-0.1, -0.05) is 25.1 Å². The van der Waals surface area contributed by atoms with Crippen molar-refractivity contribution in [2.75, 3.05) is 6.61 Å². The first-order chi connectivity index (χ1) is 8.17. The first-order valence-corrected chi connectivity index (χ1v) is 6.27. The Balaban J connectivity index is 2.38. The molecule has 0 amide bonds. The minimum Gasteiger partial charge on any atom is -0.395 e. The van der Waals surface area contributed by atoms with E-state index >= 15 is 0 Å². The number of nitrogens with one attached hydrogen (secondary N) is 1. The standard InChI is InChI=1S/C14H22FNO/c1-3-13(10-17)16-11(2)8-9-12-6-4-5-7-14(12)15/h4-7,11,13,16-17H,3,8-10H2,1-2H3. The molecule has 0 bridgehead atoms. The van der Waals surface area contributed by atoms with E-state index in [2.05, 4.69) is 12.2 Å². The van der Waals surface area contributed by atoms with Gasteiger partial charge in [0.15, 0.2) is 0 Å². The fourth-order valence-corrected chi connectivity index (χ4v) is 1.86. The van der Waals surface area contributed by atoms with E-state index in [-0.39, 0.29) is 24.5 Å². The Morgan fingerprint density at radius 3 is 2.65 bits per heavy atom. The van der Waals surface area contributed by atoms with E-state index in [0.29, 0.717) is 0 Å². The highest BCUT2D eigenvalue weighted by Crippen LogP contribution is 2.10. The van der Waals surface area contributed by atoms with Crippen molar-refractivity contribution in [3.63, 3.8) is 0 Å². The van der Waals surface area contributed by atoms with Crippen LogP contribution in [0.3, 0.4) is 0 Å². The third kappa shape index (κ3) is 4.84. The minimum atomic E-state index is -0.131. The molecule has 1 rings (SSSR count). The Morgan fingerprint density at radius 1 is 1.35 bits per heavy atom. The smallest absolute Gasteiger partial charge is 0.126 e. The first-order valence-electron chi connectivity index (χ1n) is 6.27. The predicted octanol–water partition coefficient (Wildman–Crippen LogP) is 2.51. The monoisotopic (exact) mass is 239 g/mol. The molecule has 2 atom stereocenters. The molecule has 0 aliphatic rings. The Morgan fingerprint density at radius 2 is 2.06 bits per heavy atom. The van der Waals surface area contributed by atoms with E-state index in [1.54, 1.807) is 6.07 Å². The lowest BCUT2D eigenvalue weighted by Gasteiger charge is -2.20. The average Bonchev–Trinajstić information content (AvgIpc) is 2.35. The molecular weight excluding hydrogens is 217 g/mol. The largest absolute Gasteiger partial charge is 0.395 e. The number of rotatable bonds is 7. The van der Waals surface area contributed by atoms with Crippen LogP contribution in [0.15, 0.2) is 24.3 Å². The van der Waals surface area contributed by atoms with Crippen LogP contribution in [0, 0.1) is 5.82 Å². The van der Waals surface area contributed by atoms with Crippen molar-refractivity contribution in [1.82, 2.24) is 5.32 Å². The summed E-state index contributed by atoms with van der Waals surface area (Å²) in [7, 11) is 0. The number of halogens is 1. The summed E-state index contributed by atoms with van der Waals surface area (Å²) in [5, 5.41) is 12.4. The zero-order chi connectivity index (χ0) is 12.7. The van der Waals surface area contributed by atoms with Gasteiger partial charge in [-0.3, -0.25) is 0 Å². The van der Waals surface area contributed by atoms with E-state index in [0.717, 1.165) is 24.8 Å². The zero-order valence-electron chi connectivity index (χ0n) is 10.6. The molecule has 17 heavy (non-hydrogen) atoms. The summed E-state index contributed by atoms with van der Waals surface area (Å²) in [6.45, 7) is 4.26. The van der Waals surface area contributed by atoms with Crippen molar-refractivity contribution in [1.29, 1.82) is 0 Å². The highest BCUT2D eigenvalue weighted by molar-refractivity contribution is 5.17. The molecule has 3 heteroatoms. The SMILES string of the molecule is CCC(CO)NC(C)CCc1ccccc1F. The van der Waals surface area contributed by atoms with Crippen molar-refractivity contribution in [2.45, 2.75) is 45.2 Å². The Kier molecular flexibility index (Phi) is 6.16. The van der Waals surface area contributed by atoms with E-state index in [4.69, 9.17) is 5.11 Å². The zero-order valence-corrected chi connectivity index (χ0v) is 10.6. The third-order valence-corrected chi connectivity index (χ3v) is 3.04. The average molecular weight is 239 g/mol. The summed E-state index contributed by atoms with van der Waals surface area (Å²) < 4.78 is 13.4. The minimum absolute atomic E-state index is 0.131. The molecule has 0 radical (unpaired) electrons. The van der Waals surface area contributed by atoms with Gasteiger partial charge in [-0.05, 0) is 37.8 Å². The summed E-state index contributed by atoms with van der Waals surface area (Å²) in [6.07, 6.45) is 2.50. The molecule has 1 aromatic rings. The summed E-state index contributed by atoms with van der Waals surface area (Å²) in [4.78, 5) is 0. The van der Waals surface area contributed by atoms with Crippen molar-refractivity contribution >= 4 is 0 Å². The summed E-state index contributed by atoms with van der Waals surface area (Å²) in [6, 6.07) is 7.32. The molecule has 2 N–H and O–H groups in total. The second kappa shape index (κ2) is 7.41. The Labute approximate surface area is 103 Å². The van der Waals surface area contributed by atoms with Gasteiger partial charge in [-0.15, -0.1) is 0 Å². The van der Waals surface area contributed by atoms with Gasteiger partial charge in [0.05, 0.1) is 6.61 Å². The molecule has 2 unspecified atom stereocenters. The normalized spacial score (nSPS) is 14.6. The van der Waals surface area contributed by atoms with E-state index in [1.807, 2.05) is 19.1 Å². The van der Waals surface area contributed by atoms with Gasteiger partial charge >= 0.3 is 0 Å². The van der Waals surface area contributed by atoms with Gasteiger partial charge in [0.25, 0.3) is 0 Å². The number of aliphatic hydroxyl groups is 1. The summed E-state index contributed by atoms with van der Waals surface area (Å²) >= 11 is 0. The van der Waals surface area contributed by atoms with Crippen LogP contribution in [-0.4, -0.2) is 23.8 Å². The van der Waals surface area contributed by atoms with Crippen LogP contribution in [0.2, 0.25) is 0 Å². The molecule has 0 saturated heterocycles. The predicted molar refractivity (Wildman–Crippen MR) is 68.5 cm³/mol. The molecule has 96 valence electrons. The molecule has 0 aromatic heterocycles. The van der Waals surface area contributed by atoms with Gasteiger partial charge in [0.1, 0.15) is 5.82 Å². The fourth-order valence-electron chi connectivity index (χ4n) is 1.86. The number of benzene rings is 1. The van der Waals surface area contributed by atoms with Gasteiger partial charge in [0, 0.05) is 12.1 Å². The lowest BCUT2D eigenvalue weighted by Crippen LogP contribution is -2.38. The van der Waals surface area contributed by atoms with E-state index in [9.17, 15) is 4.39 Å². The van der Waals surface area contributed by atoms with E-state index in [1.165, 1.54) is 6.07 Å². The number of aryl methyl sites for hydroxylation is 1. The Hall–Kier alpha value is -0.930. The Bertz CT molecular complexity index is 326. The highest BCUT2D eigenvalue weighted by Gasteiger charge is 2.10. The maximum atomic E-state index is 13.4.